The molecule has 2 heteroatoms. The summed E-state index contributed by atoms with van der Waals surface area (Å²) < 4.78 is 0. The summed E-state index contributed by atoms with van der Waals surface area (Å²) in [6, 6.07) is 18.5. The highest BCUT2D eigenvalue weighted by molar-refractivity contribution is 5.79. The zero-order valence-corrected chi connectivity index (χ0v) is 10.8. The summed E-state index contributed by atoms with van der Waals surface area (Å²) >= 11 is 0. The van der Waals surface area contributed by atoms with Crippen molar-refractivity contribution in [2.45, 2.75) is 12.8 Å². The molecule has 2 aromatic carbocycles. The third-order valence-corrected chi connectivity index (χ3v) is 3.65. The Bertz CT molecular complexity index is 619. The van der Waals surface area contributed by atoms with Gasteiger partial charge in [-0.15, -0.1) is 0 Å². The largest absolute Gasteiger partial charge is 0.371 e. The van der Waals surface area contributed by atoms with Crippen molar-refractivity contribution in [3.8, 4) is 17.2 Å². The Morgan fingerprint density at radius 3 is 2.53 bits per heavy atom. The minimum atomic E-state index is 0.716. The fourth-order valence-corrected chi connectivity index (χ4v) is 2.71. The molecular weight excluding hydrogens is 232 g/mol. The Morgan fingerprint density at radius 1 is 0.947 bits per heavy atom. The zero-order valence-electron chi connectivity index (χ0n) is 10.8. The molecule has 3 rings (SSSR count). The minimum Gasteiger partial charge on any atom is -0.371 e. The maximum atomic E-state index is 9.03. The number of para-hydroxylation sites is 1. The minimum absolute atomic E-state index is 0.716. The number of hydrogen-bond acceptors (Lipinski definition) is 2. The van der Waals surface area contributed by atoms with Crippen LogP contribution in [0.5, 0.6) is 0 Å². The number of benzene rings is 2. The van der Waals surface area contributed by atoms with Gasteiger partial charge in [-0.1, -0.05) is 30.3 Å². The highest BCUT2D eigenvalue weighted by Gasteiger charge is 2.16. The van der Waals surface area contributed by atoms with Crippen LogP contribution in [0.25, 0.3) is 11.1 Å². The van der Waals surface area contributed by atoms with Gasteiger partial charge in [-0.25, -0.2) is 0 Å². The van der Waals surface area contributed by atoms with Gasteiger partial charge in [0, 0.05) is 24.3 Å². The predicted molar refractivity (Wildman–Crippen MR) is 78.0 cm³/mol. The van der Waals surface area contributed by atoms with Gasteiger partial charge in [0.05, 0.1) is 11.6 Å². The average molecular weight is 248 g/mol. The Morgan fingerprint density at radius 2 is 1.74 bits per heavy atom. The SMILES string of the molecule is N#Cc1cccc(-c2ccccc2N2CCCC2)c1. The van der Waals surface area contributed by atoms with Crippen molar-refractivity contribution in [3.05, 3.63) is 54.1 Å². The molecule has 0 unspecified atom stereocenters. The van der Waals surface area contributed by atoms with Gasteiger partial charge in [0.1, 0.15) is 0 Å². The van der Waals surface area contributed by atoms with Gasteiger partial charge in [-0.3, -0.25) is 0 Å². The fraction of sp³-hybridized carbons (Fsp3) is 0.235. The molecule has 2 nitrogen and oxygen atoms in total. The second-order valence-corrected chi connectivity index (χ2v) is 4.90. The van der Waals surface area contributed by atoms with E-state index in [2.05, 4.69) is 41.3 Å². The Kier molecular flexibility index (Phi) is 3.20. The van der Waals surface area contributed by atoms with Crippen molar-refractivity contribution in [1.29, 1.82) is 5.26 Å². The summed E-state index contributed by atoms with van der Waals surface area (Å²) in [7, 11) is 0. The van der Waals surface area contributed by atoms with E-state index in [0.29, 0.717) is 5.56 Å². The molecule has 0 N–H and O–H groups in total. The average Bonchev–Trinajstić information content (AvgIpc) is 3.01. The maximum Gasteiger partial charge on any atom is 0.0991 e. The molecule has 1 aliphatic rings. The van der Waals surface area contributed by atoms with Crippen molar-refractivity contribution in [2.24, 2.45) is 0 Å². The fourth-order valence-electron chi connectivity index (χ4n) is 2.71. The standard InChI is InChI=1S/C17H16N2/c18-13-14-6-5-7-15(12-14)16-8-1-2-9-17(16)19-10-3-4-11-19/h1-2,5-9,12H,3-4,10-11H2. The van der Waals surface area contributed by atoms with Gasteiger partial charge in [0.25, 0.3) is 0 Å². The molecule has 0 bridgehead atoms. The van der Waals surface area contributed by atoms with E-state index in [1.165, 1.54) is 24.1 Å². The summed E-state index contributed by atoms with van der Waals surface area (Å²) in [4.78, 5) is 2.44. The van der Waals surface area contributed by atoms with E-state index in [0.717, 1.165) is 18.7 Å². The maximum absolute atomic E-state index is 9.03. The van der Waals surface area contributed by atoms with Crippen LogP contribution in [0.4, 0.5) is 5.69 Å². The highest BCUT2D eigenvalue weighted by Crippen LogP contribution is 2.32. The van der Waals surface area contributed by atoms with Crippen LogP contribution in [-0.4, -0.2) is 13.1 Å². The summed E-state index contributed by atoms with van der Waals surface area (Å²) in [6.07, 6.45) is 2.54. The van der Waals surface area contributed by atoms with Crippen LogP contribution in [0.1, 0.15) is 18.4 Å². The topological polar surface area (TPSA) is 27.0 Å². The number of anilines is 1. The lowest BCUT2D eigenvalue weighted by molar-refractivity contribution is 0.949. The molecule has 2 aromatic rings. The number of nitrogens with zero attached hydrogens (tertiary/aromatic N) is 2. The summed E-state index contributed by atoms with van der Waals surface area (Å²) in [5.74, 6) is 0. The molecule has 1 saturated heterocycles. The Balaban J connectivity index is 2.06. The second kappa shape index (κ2) is 5.16. The molecule has 0 radical (unpaired) electrons. The molecule has 19 heavy (non-hydrogen) atoms. The molecule has 1 heterocycles. The van der Waals surface area contributed by atoms with E-state index >= 15 is 0 Å². The van der Waals surface area contributed by atoms with Crippen molar-refractivity contribution in [3.63, 3.8) is 0 Å². The van der Waals surface area contributed by atoms with Crippen molar-refractivity contribution in [2.75, 3.05) is 18.0 Å². The van der Waals surface area contributed by atoms with Crippen LogP contribution in [0.2, 0.25) is 0 Å². The van der Waals surface area contributed by atoms with Gasteiger partial charge in [-0.05, 0) is 36.6 Å². The first-order valence-corrected chi connectivity index (χ1v) is 6.73. The number of nitriles is 1. The number of hydrogen-bond donors (Lipinski definition) is 0. The van der Waals surface area contributed by atoms with Crippen molar-refractivity contribution >= 4 is 5.69 Å². The van der Waals surface area contributed by atoms with Gasteiger partial charge >= 0.3 is 0 Å². The van der Waals surface area contributed by atoms with Crippen LogP contribution in [-0.2, 0) is 0 Å². The van der Waals surface area contributed by atoms with E-state index in [9.17, 15) is 0 Å². The lowest BCUT2D eigenvalue weighted by Crippen LogP contribution is -2.18. The molecule has 1 fully saturated rings. The highest BCUT2D eigenvalue weighted by atomic mass is 15.1. The van der Waals surface area contributed by atoms with Crippen LogP contribution < -0.4 is 4.90 Å². The molecule has 0 amide bonds. The van der Waals surface area contributed by atoms with E-state index in [-0.39, 0.29) is 0 Å². The lowest BCUT2D eigenvalue weighted by atomic mass is 10.0. The summed E-state index contributed by atoms with van der Waals surface area (Å²) in [5.41, 5.74) is 4.35. The van der Waals surface area contributed by atoms with Crippen LogP contribution in [0, 0.1) is 11.3 Å². The van der Waals surface area contributed by atoms with Crippen LogP contribution >= 0.6 is 0 Å². The third kappa shape index (κ3) is 2.32. The molecule has 0 aromatic heterocycles. The second-order valence-electron chi connectivity index (χ2n) is 4.90. The first-order chi connectivity index (χ1) is 9.38. The summed E-state index contributed by atoms with van der Waals surface area (Å²) in [5, 5.41) is 9.03. The number of rotatable bonds is 2. The molecule has 0 atom stereocenters. The predicted octanol–water partition coefficient (Wildman–Crippen LogP) is 3.83. The van der Waals surface area contributed by atoms with Gasteiger partial charge < -0.3 is 4.90 Å². The first kappa shape index (κ1) is 11.8. The molecule has 0 spiro atoms. The molecule has 0 saturated carbocycles. The van der Waals surface area contributed by atoms with Gasteiger partial charge in [-0.2, -0.15) is 5.26 Å². The van der Waals surface area contributed by atoms with E-state index in [1.807, 2.05) is 18.2 Å². The molecule has 94 valence electrons. The smallest absolute Gasteiger partial charge is 0.0991 e. The zero-order chi connectivity index (χ0) is 13.1. The summed E-state index contributed by atoms with van der Waals surface area (Å²) in [6.45, 7) is 2.27. The normalized spacial score (nSPS) is 14.4. The molecule has 0 aliphatic carbocycles. The van der Waals surface area contributed by atoms with Gasteiger partial charge in [0.15, 0.2) is 0 Å². The van der Waals surface area contributed by atoms with Crippen LogP contribution in [0.3, 0.4) is 0 Å². The monoisotopic (exact) mass is 248 g/mol. The third-order valence-electron chi connectivity index (χ3n) is 3.65. The quantitative estimate of drug-likeness (QED) is 0.807. The Hall–Kier alpha value is -2.27. The van der Waals surface area contributed by atoms with Crippen molar-refractivity contribution in [1.82, 2.24) is 0 Å². The van der Waals surface area contributed by atoms with Gasteiger partial charge in [0.2, 0.25) is 0 Å². The van der Waals surface area contributed by atoms with Crippen LogP contribution in [0.15, 0.2) is 48.5 Å². The van der Waals surface area contributed by atoms with E-state index in [4.69, 9.17) is 5.26 Å². The van der Waals surface area contributed by atoms with Crippen molar-refractivity contribution < 1.29 is 0 Å². The van der Waals surface area contributed by atoms with E-state index < -0.39 is 0 Å². The molecular formula is C17H16N2. The molecule has 1 aliphatic heterocycles. The van der Waals surface area contributed by atoms with E-state index in [1.54, 1.807) is 0 Å². The Labute approximate surface area is 113 Å². The first-order valence-electron chi connectivity index (χ1n) is 6.73. The lowest BCUT2D eigenvalue weighted by Gasteiger charge is -2.21.